The predicted octanol–water partition coefficient (Wildman–Crippen LogP) is 4.46. The van der Waals surface area contributed by atoms with Crippen molar-refractivity contribution < 1.29 is 0 Å². The Labute approximate surface area is 106 Å². The summed E-state index contributed by atoms with van der Waals surface area (Å²) in [5.74, 6) is 3.16. The summed E-state index contributed by atoms with van der Waals surface area (Å²) in [7, 11) is 0. The third kappa shape index (κ3) is 2.06. The van der Waals surface area contributed by atoms with Crippen LogP contribution in [0.4, 0.5) is 0 Å². The van der Waals surface area contributed by atoms with Crippen LogP contribution in [0.1, 0.15) is 65.2 Å². The van der Waals surface area contributed by atoms with E-state index in [2.05, 4.69) is 13.8 Å². The highest BCUT2D eigenvalue weighted by Crippen LogP contribution is 2.60. The summed E-state index contributed by atoms with van der Waals surface area (Å²) in [6.45, 7) is 5.67. The van der Waals surface area contributed by atoms with Gasteiger partial charge in [-0.05, 0) is 69.6 Å². The summed E-state index contributed by atoms with van der Waals surface area (Å²) in [5.41, 5.74) is 2.08. The molecule has 0 spiro atoms. The van der Waals surface area contributed by atoms with Gasteiger partial charge in [0.25, 0.3) is 0 Å². The number of hydrogen-bond donors (Lipinski definition) is 0. The molecule has 0 N–H and O–H groups in total. The van der Waals surface area contributed by atoms with Crippen molar-refractivity contribution in [1.29, 1.82) is 0 Å². The van der Waals surface area contributed by atoms with Gasteiger partial charge in [-0.15, -0.1) is 0 Å². The second-order valence-corrected chi connectivity index (χ2v) is 7.02. The number of hydrogen-bond acceptors (Lipinski definition) is 1. The van der Waals surface area contributed by atoms with E-state index in [-0.39, 0.29) is 0 Å². The number of nitrogens with zero attached hydrogens (tertiary/aromatic N) is 1. The van der Waals surface area contributed by atoms with E-state index in [9.17, 15) is 0 Å². The normalized spacial score (nSPS) is 44.4. The Morgan fingerprint density at radius 3 is 2.06 bits per heavy atom. The van der Waals surface area contributed by atoms with Crippen LogP contribution in [0.5, 0.6) is 0 Å². The van der Waals surface area contributed by atoms with Gasteiger partial charge in [0.05, 0.1) is 0 Å². The lowest BCUT2D eigenvalue weighted by molar-refractivity contribution is -0.0127. The van der Waals surface area contributed by atoms with Crippen LogP contribution in [0.25, 0.3) is 0 Å². The van der Waals surface area contributed by atoms with Crippen LogP contribution in [0, 0.1) is 23.2 Å². The zero-order chi connectivity index (χ0) is 11.9. The van der Waals surface area contributed by atoms with E-state index in [1.54, 1.807) is 19.3 Å². The van der Waals surface area contributed by atoms with Crippen molar-refractivity contribution in [3.05, 3.63) is 0 Å². The molecule has 4 aliphatic carbocycles. The molecule has 0 aromatic carbocycles. The molecule has 4 rings (SSSR count). The van der Waals surface area contributed by atoms with Crippen molar-refractivity contribution in [2.24, 2.45) is 28.2 Å². The molecule has 0 unspecified atom stereocenters. The largest absolute Gasteiger partial charge is 0.294 e. The topological polar surface area (TPSA) is 12.4 Å². The lowest BCUT2D eigenvalue weighted by atomic mass is 9.48. The third-order valence-corrected chi connectivity index (χ3v) is 5.67. The number of rotatable bonds is 4. The Bertz CT molecular complexity index is 280. The molecule has 1 nitrogen and oxygen atoms in total. The van der Waals surface area contributed by atoms with Gasteiger partial charge in [-0.3, -0.25) is 4.99 Å². The lowest BCUT2D eigenvalue weighted by Gasteiger charge is -2.56. The van der Waals surface area contributed by atoms with Crippen LogP contribution in [0.3, 0.4) is 0 Å². The molecule has 4 aliphatic rings. The molecule has 0 aliphatic heterocycles. The fraction of sp³-hybridized carbons (Fsp3) is 0.938. The molecule has 4 fully saturated rings. The Morgan fingerprint density at radius 2 is 1.59 bits per heavy atom. The lowest BCUT2D eigenvalue weighted by Crippen LogP contribution is -2.49. The van der Waals surface area contributed by atoms with Gasteiger partial charge < -0.3 is 0 Å². The molecule has 1 heteroatoms. The molecule has 0 atom stereocenters. The van der Waals surface area contributed by atoms with Gasteiger partial charge in [0.2, 0.25) is 0 Å². The molecular weight excluding hydrogens is 206 g/mol. The van der Waals surface area contributed by atoms with E-state index in [0.29, 0.717) is 5.41 Å². The highest BCUT2D eigenvalue weighted by atomic mass is 14.8. The summed E-state index contributed by atoms with van der Waals surface area (Å²) in [5, 5.41) is 0. The van der Waals surface area contributed by atoms with Crippen LogP contribution in [0.2, 0.25) is 0 Å². The van der Waals surface area contributed by atoms with Crippen LogP contribution < -0.4 is 0 Å². The van der Waals surface area contributed by atoms with E-state index < -0.39 is 0 Å². The Hall–Kier alpha value is -0.330. The first-order chi connectivity index (χ1) is 8.22. The SMILES string of the molecule is CCCCN=C(C)C12CC3CC(CC(C3)C1)C2. The van der Waals surface area contributed by atoms with E-state index in [1.807, 2.05) is 0 Å². The molecule has 0 heterocycles. The Balaban J connectivity index is 1.75. The molecular formula is C16H27N. The molecule has 0 amide bonds. The standard InChI is InChI=1S/C16H27N/c1-3-4-5-17-12(2)16-9-13-6-14(10-16)8-15(7-13)11-16/h13-15H,3-11H2,1-2H3. The Kier molecular flexibility index (Phi) is 3.04. The predicted molar refractivity (Wildman–Crippen MR) is 73.5 cm³/mol. The zero-order valence-corrected chi connectivity index (χ0v) is 11.5. The summed E-state index contributed by atoms with van der Waals surface area (Å²) in [4.78, 5) is 4.92. The van der Waals surface area contributed by atoms with Crippen LogP contribution in [-0.2, 0) is 0 Å². The fourth-order valence-electron chi connectivity index (χ4n) is 5.13. The minimum atomic E-state index is 0.558. The molecule has 0 radical (unpaired) electrons. The summed E-state index contributed by atoms with van der Waals surface area (Å²) >= 11 is 0. The van der Waals surface area contributed by atoms with Gasteiger partial charge in [-0.2, -0.15) is 0 Å². The maximum absolute atomic E-state index is 4.92. The zero-order valence-electron chi connectivity index (χ0n) is 11.5. The highest BCUT2D eigenvalue weighted by Gasteiger charge is 2.52. The Morgan fingerprint density at radius 1 is 1.06 bits per heavy atom. The second-order valence-electron chi connectivity index (χ2n) is 7.02. The minimum absolute atomic E-state index is 0.558. The van der Waals surface area contributed by atoms with E-state index in [0.717, 1.165) is 24.3 Å². The smallest absolute Gasteiger partial charge is 0.0388 e. The second kappa shape index (κ2) is 4.40. The van der Waals surface area contributed by atoms with Crippen molar-refractivity contribution >= 4 is 5.71 Å². The van der Waals surface area contributed by atoms with Crippen molar-refractivity contribution in [1.82, 2.24) is 0 Å². The van der Waals surface area contributed by atoms with Gasteiger partial charge in [0, 0.05) is 17.7 Å². The highest BCUT2D eigenvalue weighted by molar-refractivity contribution is 5.88. The number of unbranched alkanes of at least 4 members (excludes halogenated alkanes) is 1. The monoisotopic (exact) mass is 233 g/mol. The maximum Gasteiger partial charge on any atom is 0.0388 e. The molecule has 4 saturated carbocycles. The third-order valence-electron chi connectivity index (χ3n) is 5.67. The van der Waals surface area contributed by atoms with Crippen molar-refractivity contribution in [2.75, 3.05) is 6.54 Å². The summed E-state index contributed by atoms with van der Waals surface area (Å²) < 4.78 is 0. The van der Waals surface area contributed by atoms with E-state index in [1.165, 1.54) is 37.8 Å². The van der Waals surface area contributed by atoms with Crippen LogP contribution in [0.15, 0.2) is 4.99 Å². The molecule has 96 valence electrons. The first-order valence-corrected chi connectivity index (χ1v) is 7.73. The van der Waals surface area contributed by atoms with Gasteiger partial charge in [-0.1, -0.05) is 13.3 Å². The van der Waals surface area contributed by atoms with Gasteiger partial charge in [-0.25, -0.2) is 0 Å². The summed E-state index contributed by atoms with van der Waals surface area (Å²) in [6.07, 6.45) is 11.6. The summed E-state index contributed by atoms with van der Waals surface area (Å²) in [6, 6.07) is 0. The quantitative estimate of drug-likeness (QED) is 0.502. The van der Waals surface area contributed by atoms with Gasteiger partial charge in [0.15, 0.2) is 0 Å². The van der Waals surface area contributed by atoms with Gasteiger partial charge in [0.1, 0.15) is 0 Å². The molecule has 4 bridgehead atoms. The fourth-order valence-corrected chi connectivity index (χ4v) is 5.13. The first-order valence-electron chi connectivity index (χ1n) is 7.73. The van der Waals surface area contributed by atoms with Crippen molar-refractivity contribution in [3.63, 3.8) is 0 Å². The van der Waals surface area contributed by atoms with Crippen molar-refractivity contribution in [3.8, 4) is 0 Å². The van der Waals surface area contributed by atoms with E-state index in [4.69, 9.17) is 4.99 Å². The van der Waals surface area contributed by atoms with E-state index >= 15 is 0 Å². The molecule has 0 aromatic heterocycles. The first kappa shape index (κ1) is 11.7. The van der Waals surface area contributed by atoms with Crippen LogP contribution >= 0.6 is 0 Å². The molecule has 17 heavy (non-hydrogen) atoms. The minimum Gasteiger partial charge on any atom is -0.294 e. The average molecular weight is 233 g/mol. The number of aliphatic imine (C=N–C) groups is 1. The van der Waals surface area contributed by atoms with Gasteiger partial charge >= 0.3 is 0 Å². The maximum atomic E-state index is 4.92. The molecule has 0 aromatic rings. The van der Waals surface area contributed by atoms with Crippen molar-refractivity contribution in [2.45, 2.75) is 65.2 Å². The molecule has 0 saturated heterocycles. The van der Waals surface area contributed by atoms with Crippen LogP contribution in [-0.4, -0.2) is 12.3 Å². The average Bonchev–Trinajstić information content (AvgIpc) is 2.27.